The molecule has 0 saturated heterocycles. The molecule has 2 aromatic rings. The van der Waals surface area contributed by atoms with E-state index < -0.39 is 0 Å². The van der Waals surface area contributed by atoms with Crippen LogP contribution in [0.15, 0.2) is 23.1 Å². The fourth-order valence-electron chi connectivity index (χ4n) is 1.72. The lowest BCUT2D eigenvalue weighted by Crippen LogP contribution is -2.26. The summed E-state index contributed by atoms with van der Waals surface area (Å²) in [6.07, 6.45) is 4.65. The van der Waals surface area contributed by atoms with Gasteiger partial charge in [-0.3, -0.25) is 9.89 Å². The molecule has 0 aromatic carbocycles. The van der Waals surface area contributed by atoms with E-state index in [4.69, 9.17) is 0 Å². The molecule has 0 saturated carbocycles. The molecule has 7 nitrogen and oxygen atoms in total. The van der Waals surface area contributed by atoms with Crippen LogP contribution in [0.4, 0.5) is 5.82 Å². The highest BCUT2D eigenvalue weighted by Crippen LogP contribution is 2.17. The molecule has 8 heteroatoms. The second-order valence-electron chi connectivity index (χ2n) is 4.09. The molecule has 2 heterocycles. The minimum atomic E-state index is -0.152. The van der Waals surface area contributed by atoms with Crippen molar-refractivity contribution in [1.82, 2.24) is 25.5 Å². The van der Waals surface area contributed by atoms with Gasteiger partial charge in [-0.25, -0.2) is 9.97 Å². The molecule has 106 valence electrons. The Hall–Kier alpha value is -1.96. The van der Waals surface area contributed by atoms with Gasteiger partial charge in [-0.2, -0.15) is 5.10 Å². The Balaban J connectivity index is 1.87. The van der Waals surface area contributed by atoms with E-state index in [9.17, 15) is 4.79 Å². The molecule has 20 heavy (non-hydrogen) atoms. The fraction of sp³-hybridized carbons (Fsp3) is 0.333. The number of carbonyl (C=O) groups excluding carboxylic acids is 1. The Kier molecular flexibility index (Phi) is 5.05. The van der Waals surface area contributed by atoms with Crippen LogP contribution in [0.2, 0.25) is 0 Å². The van der Waals surface area contributed by atoms with Crippen molar-refractivity contribution in [3.63, 3.8) is 0 Å². The Morgan fingerprint density at radius 1 is 1.45 bits per heavy atom. The highest BCUT2D eigenvalue weighted by atomic mass is 79.9. The molecule has 1 amide bonds. The number of hydrogen-bond acceptors (Lipinski definition) is 5. The van der Waals surface area contributed by atoms with Crippen molar-refractivity contribution >= 4 is 27.7 Å². The van der Waals surface area contributed by atoms with Gasteiger partial charge in [-0.15, -0.1) is 0 Å². The monoisotopic (exact) mass is 338 g/mol. The first-order valence-corrected chi connectivity index (χ1v) is 6.95. The van der Waals surface area contributed by atoms with Crippen LogP contribution in [-0.2, 0) is 6.42 Å². The third-order valence-corrected chi connectivity index (χ3v) is 3.11. The van der Waals surface area contributed by atoms with Crippen molar-refractivity contribution in [2.45, 2.75) is 12.8 Å². The summed E-state index contributed by atoms with van der Waals surface area (Å²) < 4.78 is 0.767. The molecule has 0 spiro atoms. The molecule has 0 aliphatic carbocycles. The van der Waals surface area contributed by atoms with E-state index >= 15 is 0 Å². The van der Waals surface area contributed by atoms with Crippen molar-refractivity contribution in [2.24, 2.45) is 0 Å². The largest absolute Gasteiger partial charge is 0.372 e. The van der Waals surface area contributed by atoms with E-state index in [2.05, 4.69) is 46.7 Å². The number of aromatic nitrogens is 4. The van der Waals surface area contributed by atoms with Gasteiger partial charge in [-0.1, -0.05) is 0 Å². The highest BCUT2D eigenvalue weighted by molar-refractivity contribution is 9.10. The zero-order valence-corrected chi connectivity index (χ0v) is 12.6. The molecule has 0 atom stereocenters. The summed E-state index contributed by atoms with van der Waals surface area (Å²) in [6.45, 7) is 0.565. The van der Waals surface area contributed by atoms with Crippen LogP contribution in [0, 0.1) is 0 Å². The predicted molar refractivity (Wildman–Crippen MR) is 78.5 cm³/mol. The van der Waals surface area contributed by atoms with Gasteiger partial charge in [0.05, 0.1) is 5.56 Å². The van der Waals surface area contributed by atoms with Crippen molar-refractivity contribution in [2.75, 3.05) is 18.9 Å². The summed E-state index contributed by atoms with van der Waals surface area (Å²) in [5, 5.41) is 12.3. The minimum absolute atomic E-state index is 0.152. The van der Waals surface area contributed by atoms with E-state index in [1.165, 1.54) is 6.33 Å². The number of anilines is 1. The second kappa shape index (κ2) is 6.99. The molecular formula is C12H15BrN6O. The van der Waals surface area contributed by atoms with Gasteiger partial charge in [0.1, 0.15) is 18.0 Å². The van der Waals surface area contributed by atoms with E-state index in [0.29, 0.717) is 17.9 Å². The molecule has 0 bridgehead atoms. The number of H-pyrrole nitrogens is 1. The number of rotatable bonds is 6. The third kappa shape index (κ3) is 3.77. The fourth-order valence-corrected chi connectivity index (χ4v) is 2.05. The quantitative estimate of drug-likeness (QED) is 0.691. The number of nitrogens with zero attached hydrogens (tertiary/aromatic N) is 3. The molecular weight excluding hydrogens is 324 g/mol. The summed E-state index contributed by atoms with van der Waals surface area (Å²) in [7, 11) is 1.73. The average molecular weight is 339 g/mol. The maximum Gasteiger partial charge on any atom is 0.255 e. The number of hydrogen-bond donors (Lipinski definition) is 3. The van der Waals surface area contributed by atoms with Crippen molar-refractivity contribution in [3.8, 4) is 0 Å². The van der Waals surface area contributed by atoms with Crippen LogP contribution >= 0.6 is 15.9 Å². The number of halogens is 1. The molecule has 0 unspecified atom stereocenters. The third-order valence-electron chi connectivity index (χ3n) is 2.68. The smallest absolute Gasteiger partial charge is 0.255 e. The first-order chi connectivity index (χ1) is 9.70. The van der Waals surface area contributed by atoms with Crippen molar-refractivity contribution in [1.29, 1.82) is 0 Å². The van der Waals surface area contributed by atoms with Crippen LogP contribution in [0.1, 0.15) is 22.6 Å². The highest BCUT2D eigenvalue weighted by Gasteiger charge is 2.12. The first kappa shape index (κ1) is 14.4. The lowest BCUT2D eigenvalue weighted by Gasteiger charge is -2.09. The Labute approximate surface area is 124 Å². The van der Waals surface area contributed by atoms with E-state index in [-0.39, 0.29) is 5.91 Å². The van der Waals surface area contributed by atoms with E-state index in [1.54, 1.807) is 19.3 Å². The summed E-state index contributed by atoms with van der Waals surface area (Å²) in [5.41, 5.74) is 0.515. The number of amides is 1. The summed E-state index contributed by atoms with van der Waals surface area (Å²) in [6, 6.07) is 1.74. The Morgan fingerprint density at radius 2 is 2.30 bits per heavy atom. The topological polar surface area (TPSA) is 95.6 Å². The Morgan fingerprint density at radius 3 is 3.00 bits per heavy atom. The van der Waals surface area contributed by atoms with Gasteiger partial charge in [0, 0.05) is 30.7 Å². The van der Waals surface area contributed by atoms with Gasteiger partial charge < -0.3 is 10.6 Å². The van der Waals surface area contributed by atoms with Crippen LogP contribution in [0.5, 0.6) is 0 Å². The summed E-state index contributed by atoms with van der Waals surface area (Å²) >= 11 is 3.31. The van der Waals surface area contributed by atoms with Gasteiger partial charge in [0.25, 0.3) is 5.91 Å². The van der Waals surface area contributed by atoms with Gasteiger partial charge in [0.2, 0.25) is 0 Å². The average Bonchev–Trinajstić information content (AvgIpc) is 2.96. The van der Waals surface area contributed by atoms with Crippen LogP contribution in [-0.4, -0.2) is 39.7 Å². The lowest BCUT2D eigenvalue weighted by molar-refractivity contribution is 0.0953. The molecule has 0 aliphatic heterocycles. The zero-order valence-electron chi connectivity index (χ0n) is 11.0. The SMILES string of the molecule is CNc1ncc(Br)cc1C(=O)NCCCc1ncn[nH]1. The maximum absolute atomic E-state index is 12.1. The molecule has 2 aromatic heterocycles. The van der Waals surface area contributed by atoms with Crippen molar-refractivity contribution in [3.05, 3.63) is 34.5 Å². The van der Waals surface area contributed by atoms with Gasteiger partial charge >= 0.3 is 0 Å². The van der Waals surface area contributed by atoms with Gasteiger partial charge in [-0.05, 0) is 28.4 Å². The Bertz CT molecular complexity index is 571. The molecule has 2 rings (SSSR count). The van der Waals surface area contributed by atoms with Crippen LogP contribution in [0.3, 0.4) is 0 Å². The zero-order chi connectivity index (χ0) is 14.4. The maximum atomic E-state index is 12.1. The number of pyridine rings is 1. The number of carbonyl (C=O) groups is 1. The van der Waals surface area contributed by atoms with Crippen molar-refractivity contribution < 1.29 is 4.79 Å². The molecule has 0 fully saturated rings. The standard InChI is InChI=1S/C12H15BrN6O/c1-14-11-9(5-8(13)6-16-11)12(20)15-4-2-3-10-17-7-18-19-10/h5-7H,2-4H2,1H3,(H,14,16)(H,15,20)(H,17,18,19). The normalized spacial score (nSPS) is 10.3. The predicted octanol–water partition coefficient (Wildman–Crippen LogP) is 1.37. The number of aromatic amines is 1. The summed E-state index contributed by atoms with van der Waals surface area (Å²) in [5.74, 6) is 1.22. The van der Waals surface area contributed by atoms with E-state index in [0.717, 1.165) is 23.1 Å². The van der Waals surface area contributed by atoms with E-state index in [1.807, 2.05) is 0 Å². The number of aryl methyl sites for hydroxylation is 1. The first-order valence-electron chi connectivity index (χ1n) is 6.16. The van der Waals surface area contributed by atoms with Gasteiger partial charge in [0.15, 0.2) is 0 Å². The molecule has 0 aliphatic rings. The number of nitrogens with one attached hydrogen (secondary N) is 3. The summed E-state index contributed by atoms with van der Waals surface area (Å²) in [4.78, 5) is 20.3. The van der Waals surface area contributed by atoms with Crippen LogP contribution in [0.25, 0.3) is 0 Å². The minimum Gasteiger partial charge on any atom is -0.372 e. The lowest BCUT2D eigenvalue weighted by atomic mass is 10.2. The second-order valence-corrected chi connectivity index (χ2v) is 5.01. The van der Waals surface area contributed by atoms with Crippen LogP contribution < -0.4 is 10.6 Å². The molecule has 3 N–H and O–H groups in total. The molecule has 0 radical (unpaired) electrons.